The maximum absolute atomic E-state index is 10.5. The van der Waals surface area contributed by atoms with E-state index < -0.39 is 4.92 Å². The quantitative estimate of drug-likeness (QED) is 0.364. The van der Waals surface area contributed by atoms with Crippen LogP contribution in [0.25, 0.3) is 0 Å². The number of non-ortho nitro benzene ring substituents is 1. The van der Waals surface area contributed by atoms with E-state index in [-0.39, 0.29) is 5.69 Å². The van der Waals surface area contributed by atoms with Crippen molar-refractivity contribution in [2.45, 2.75) is 13.3 Å². The van der Waals surface area contributed by atoms with Gasteiger partial charge in [-0.05, 0) is 30.7 Å². The fourth-order valence-electron chi connectivity index (χ4n) is 1.16. The molecule has 1 aromatic carbocycles. The summed E-state index contributed by atoms with van der Waals surface area (Å²) in [7, 11) is 0. The minimum absolute atomic E-state index is 0.0917. The Labute approximate surface area is 93.8 Å². The molecular formula is C10H13NO3S. The van der Waals surface area contributed by atoms with Gasteiger partial charge in [0.2, 0.25) is 0 Å². The smallest absolute Gasteiger partial charge is 0.269 e. The molecule has 15 heavy (non-hydrogen) atoms. The fraction of sp³-hybridized carbons (Fsp3) is 0.400. The van der Waals surface area contributed by atoms with Gasteiger partial charge in [-0.2, -0.15) is 12.6 Å². The number of rotatable bonds is 5. The average Bonchev–Trinajstić information content (AvgIpc) is 2.20. The van der Waals surface area contributed by atoms with Crippen LogP contribution in [-0.4, -0.2) is 17.3 Å². The van der Waals surface area contributed by atoms with Crippen LogP contribution in [0.4, 0.5) is 5.69 Å². The van der Waals surface area contributed by atoms with Crippen molar-refractivity contribution in [2.75, 3.05) is 12.4 Å². The lowest BCUT2D eigenvalue weighted by molar-refractivity contribution is -0.384. The molecule has 0 spiro atoms. The number of nitro benzene ring substituents is 1. The predicted octanol–water partition coefficient (Wildman–Crippen LogP) is 2.60. The van der Waals surface area contributed by atoms with Crippen molar-refractivity contribution in [3.05, 3.63) is 33.9 Å². The maximum atomic E-state index is 10.5. The first kappa shape index (κ1) is 11.8. The van der Waals surface area contributed by atoms with Gasteiger partial charge in [-0.15, -0.1) is 0 Å². The number of aryl methyl sites for hydroxylation is 1. The minimum atomic E-state index is -0.412. The molecule has 0 aliphatic heterocycles. The van der Waals surface area contributed by atoms with Crippen molar-refractivity contribution < 1.29 is 9.66 Å². The standard InChI is InChI=1S/C10H13NO3S/c1-8-7-9(11(12)13)3-4-10(8)14-5-2-6-15/h3-4,7,15H,2,5-6H2,1H3. The number of hydrogen-bond donors (Lipinski definition) is 1. The van der Waals surface area contributed by atoms with E-state index in [1.807, 2.05) is 0 Å². The Balaban J connectivity index is 2.70. The Morgan fingerprint density at radius 1 is 1.53 bits per heavy atom. The first-order chi connectivity index (χ1) is 7.15. The third-order valence-electron chi connectivity index (χ3n) is 1.93. The van der Waals surface area contributed by atoms with E-state index in [0.29, 0.717) is 12.4 Å². The summed E-state index contributed by atoms with van der Waals surface area (Å²) in [4.78, 5) is 10.1. The van der Waals surface area contributed by atoms with Crippen LogP contribution in [-0.2, 0) is 0 Å². The second-order valence-corrected chi connectivity index (χ2v) is 3.58. The highest BCUT2D eigenvalue weighted by Crippen LogP contribution is 2.23. The van der Waals surface area contributed by atoms with Crippen molar-refractivity contribution in [1.82, 2.24) is 0 Å². The summed E-state index contributed by atoms with van der Waals surface area (Å²) < 4.78 is 5.44. The van der Waals surface area contributed by atoms with Crippen LogP contribution in [0, 0.1) is 17.0 Å². The molecule has 0 fully saturated rings. The third kappa shape index (κ3) is 3.43. The minimum Gasteiger partial charge on any atom is -0.493 e. The Morgan fingerprint density at radius 2 is 2.27 bits per heavy atom. The van der Waals surface area contributed by atoms with E-state index >= 15 is 0 Å². The molecule has 0 aliphatic rings. The van der Waals surface area contributed by atoms with Gasteiger partial charge in [-0.1, -0.05) is 0 Å². The van der Waals surface area contributed by atoms with E-state index in [4.69, 9.17) is 4.74 Å². The third-order valence-corrected chi connectivity index (χ3v) is 2.25. The van der Waals surface area contributed by atoms with Crippen molar-refractivity contribution in [2.24, 2.45) is 0 Å². The molecule has 1 rings (SSSR count). The summed E-state index contributed by atoms with van der Waals surface area (Å²) in [5.41, 5.74) is 0.873. The maximum Gasteiger partial charge on any atom is 0.269 e. The fourth-order valence-corrected chi connectivity index (χ4v) is 1.28. The van der Waals surface area contributed by atoms with Crippen LogP contribution in [0.15, 0.2) is 18.2 Å². The summed E-state index contributed by atoms with van der Waals surface area (Å²) in [5, 5.41) is 10.5. The van der Waals surface area contributed by atoms with E-state index in [1.54, 1.807) is 13.0 Å². The first-order valence-corrected chi connectivity index (χ1v) is 5.27. The zero-order valence-electron chi connectivity index (χ0n) is 8.47. The molecular weight excluding hydrogens is 214 g/mol. The molecule has 0 saturated carbocycles. The summed E-state index contributed by atoms with van der Waals surface area (Å²) in [6.45, 7) is 2.38. The van der Waals surface area contributed by atoms with Crippen LogP contribution in [0.3, 0.4) is 0 Å². The van der Waals surface area contributed by atoms with Crippen LogP contribution in [0.5, 0.6) is 5.75 Å². The van der Waals surface area contributed by atoms with Gasteiger partial charge in [-0.3, -0.25) is 10.1 Å². The van der Waals surface area contributed by atoms with Gasteiger partial charge in [-0.25, -0.2) is 0 Å². The van der Waals surface area contributed by atoms with Crippen LogP contribution >= 0.6 is 12.6 Å². The SMILES string of the molecule is Cc1cc([N+](=O)[O-])ccc1OCCCS. The summed E-state index contributed by atoms with van der Waals surface area (Å²) in [6.07, 6.45) is 0.861. The number of nitrogens with zero attached hydrogens (tertiary/aromatic N) is 1. The van der Waals surface area contributed by atoms with Crippen LogP contribution < -0.4 is 4.74 Å². The zero-order chi connectivity index (χ0) is 11.3. The van der Waals surface area contributed by atoms with E-state index in [2.05, 4.69) is 12.6 Å². The van der Waals surface area contributed by atoms with Crippen molar-refractivity contribution in [3.63, 3.8) is 0 Å². The highest BCUT2D eigenvalue weighted by Gasteiger charge is 2.08. The molecule has 0 aliphatic carbocycles. The van der Waals surface area contributed by atoms with Gasteiger partial charge < -0.3 is 4.74 Å². The van der Waals surface area contributed by atoms with Crippen LogP contribution in [0.1, 0.15) is 12.0 Å². The number of thiol groups is 1. The monoisotopic (exact) mass is 227 g/mol. The lowest BCUT2D eigenvalue weighted by Gasteiger charge is -2.07. The zero-order valence-corrected chi connectivity index (χ0v) is 9.37. The van der Waals surface area contributed by atoms with Crippen LogP contribution in [0.2, 0.25) is 0 Å². The highest BCUT2D eigenvalue weighted by atomic mass is 32.1. The van der Waals surface area contributed by atoms with Gasteiger partial charge in [0.1, 0.15) is 5.75 Å². The number of hydrogen-bond acceptors (Lipinski definition) is 4. The molecule has 82 valence electrons. The molecule has 0 bridgehead atoms. The van der Waals surface area contributed by atoms with Gasteiger partial charge in [0.15, 0.2) is 0 Å². The van der Waals surface area contributed by atoms with E-state index in [1.165, 1.54) is 12.1 Å². The van der Waals surface area contributed by atoms with Crippen molar-refractivity contribution in [1.29, 1.82) is 0 Å². The molecule has 5 heteroatoms. The first-order valence-electron chi connectivity index (χ1n) is 4.64. The highest BCUT2D eigenvalue weighted by molar-refractivity contribution is 7.80. The number of nitro groups is 1. The largest absolute Gasteiger partial charge is 0.493 e. The molecule has 0 aromatic heterocycles. The summed E-state index contributed by atoms with van der Waals surface area (Å²) in [5.74, 6) is 1.47. The van der Waals surface area contributed by atoms with E-state index in [9.17, 15) is 10.1 Å². The Kier molecular flexibility index (Phi) is 4.42. The lowest BCUT2D eigenvalue weighted by Crippen LogP contribution is -1.99. The molecule has 1 aromatic rings. The van der Waals surface area contributed by atoms with Gasteiger partial charge in [0, 0.05) is 12.1 Å². The Morgan fingerprint density at radius 3 is 2.80 bits per heavy atom. The second-order valence-electron chi connectivity index (χ2n) is 3.13. The topological polar surface area (TPSA) is 52.4 Å². The molecule has 0 unspecified atom stereocenters. The molecule has 0 saturated heterocycles. The van der Waals surface area contributed by atoms with Gasteiger partial charge in [0.25, 0.3) is 5.69 Å². The molecule has 0 radical (unpaired) electrons. The lowest BCUT2D eigenvalue weighted by atomic mass is 10.2. The van der Waals surface area contributed by atoms with Gasteiger partial charge >= 0.3 is 0 Å². The number of benzene rings is 1. The molecule has 0 amide bonds. The summed E-state index contributed by atoms with van der Waals surface area (Å²) in [6, 6.07) is 4.59. The molecule has 0 heterocycles. The Hall–Kier alpha value is -1.23. The van der Waals surface area contributed by atoms with Crippen molar-refractivity contribution in [3.8, 4) is 5.75 Å². The second kappa shape index (κ2) is 5.60. The van der Waals surface area contributed by atoms with Gasteiger partial charge in [0.05, 0.1) is 11.5 Å². The average molecular weight is 227 g/mol. The molecule has 0 atom stereocenters. The number of ether oxygens (including phenoxy) is 1. The van der Waals surface area contributed by atoms with Crippen molar-refractivity contribution >= 4 is 18.3 Å². The Bertz CT molecular complexity index is 355. The summed E-state index contributed by atoms with van der Waals surface area (Å²) >= 11 is 4.07. The van der Waals surface area contributed by atoms with E-state index in [0.717, 1.165) is 17.7 Å². The normalized spacial score (nSPS) is 10.0. The molecule has 0 N–H and O–H groups in total. The predicted molar refractivity (Wildman–Crippen MR) is 61.8 cm³/mol. The molecule has 4 nitrogen and oxygen atoms in total.